The van der Waals surface area contributed by atoms with E-state index in [-0.39, 0.29) is 11.5 Å². The lowest BCUT2D eigenvalue weighted by atomic mass is 10.1. The van der Waals surface area contributed by atoms with Crippen molar-refractivity contribution in [1.82, 2.24) is 0 Å². The van der Waals surface area contributed by atoms with Crippen molar-refractivity contribution in [2.45, 2.75) is 27.7 Å². The van der Waals surface area contributed by atoms with Crippen LogP contribution >= 0.6 is 0 Å². The summed E-state index contributed by atoms with van der Waals surface area (Å²) in [6.07, 6.45) is 0. The van der Waals surface area contributed by atoms with Crippen LogP contribution in [0, 0.1) is 11.8 Å². The number of anilines is 2. The van der Waals surface area contributed by atoms with Crippen LogP contribution in [0.15, 0.2) is 48.5 Å². The van der Waals surface area contributed by atoms with E-state index in [1.807, 2.05) is 6.07 Å². The second-order valence-electron chi connectivity index (χ2n) is 7.55. The SMILES string of the molecule is CC(C)CN(CC(C)C)c1ccc(C(=O)O)cc1NC(=O)c1ccccc1. The summed E-state index contributed by atoms with van der Waals surface area (Å²) in [4.78, 5) is 26.3. The Hall–Kier alpha value is -2.82. The molecule has 0 aliphatic heterocycles. The first-order chi connectivity index (χ1) is 12.8. The molecule has 2 aromatic carbocycles. The van der Waals surface area contributed by atoms with Gasteiger partial charge in [0.05, 0.1) is 16.9 Å². The standard InChI is InChI=1S/C22H28N2O3/c1-15(2)13-24(14-16(3)4)20-11-10-18(22(26)27)12-19(20)23-21(25)17-8-6-5-7-9-17/h5-12,15-16H,13-14H2,1-4H3,(H,23,25)(H,26,27). The number of nitrogens with one attached hydrogen (secondary N) is 1. The van der Waals surface area contributed by atoms with Gasteiger partial charge in [-0.15, -0.1) is 0 Å². The molecule has 0 aliphatic rings. The molecular weight excluding hydrogens is 340 g/mol. The summed E-state index contributed by atoms with van der Waals surface area (Å²) in [5, 5.41) is 12.3. The van der Waals surface area contributed by atoms with Gasteiger partial charge in [-0.25, -0.2) is 4.79 Å². The molecule has 1 amide bonds. The second kappa shape index (κ2) is 9.21. The van der Waals surface area contributed by atoms with Crippen molar-refractivity contribution in [1.29, 1.82) is 0 Å². The minimum Gasteiger partial charge on any atom is -0.478 e. The summed E-state index contributed by atoms with van der Waals surface area (Å²) in [5.74, 6) is -0.411. The first kappa shape index (κ1) is 20.5. The molecular formula is C22H28N2O3. The number of amides is 1. The Kier molecular flexibility index (Phi) is 6.99. The number of benzene rings is 2. The molecule has 0 unspecified atom stereocenters. The molecule has 2 N–H and O–H groups in total. The van der Waals surface area contributed by atoms with Crippen molar-refractivity contribution in [2.75, 3.05) is 23.3 Å². The van der Waals surface area contributed by atoms with Gasteiger partial charge in [0.25, 0.3) is 5.91 Å². The number of rotatable bonds is 8. The quantitative estimate of drug-likeness (QED) is 0.705. The van der Waals surface area contributed by atoms with E-state index in [4.69, 9.17) is 0 Å². The van der Waals surface area contributed by atoms with Crippen LogP contribution < -0.4 is 10.2 Å². The van der Waals surface area contributed by atoms with Gasteiger partial charge in [-0.1, -0.05) is 45.9 Å². The van der Waals surface area contributed by atoms with E-state index in [0.717, 1.165) is 18.8 Å². The summed E-state index contributed by atoms with van der Waals surface area (Å²) < 4.78 is 0. The van der Waals surface area contributed by atoms with E-state index in [9.17, 15) is 14.7 Å². The predicted octanol–water partition coefficient (Wildman–Crippen LogP) is 4.76. The van der Waals surface area contributed by atoms with Gasteiger partial charge >= 0.3 is 5.97 Å². The van der Waals surface area contributed by atoms with Gasteiger partial charge in [0.2, 0.25) is 0 Å². The Morgan fingerprint density at radius 3 is 2.04 bits per heavy atom. The first-order valence-corrected chi connectivity index (χ1v) is 9.26. The predicted molar refractivity (Wildman–Crippen MR) is 110 cm³/mol. The highest BCUT2D eigenvalue weighted by molar-refractivity contribution is 6.06. The molecule has 0 atom stereocenters. The second-order valence-corrected chi connectivity index (χ2v) is 7.55. The zero-order valence-electron chi connectivity index (χ0n) is 16.4. The Morgan fingerprint density at radius 2 is 1.52 bits per heavy atom. The number of hydrogen-bond acceptors (Lipinski definition) is 3. The lowest BCUT2D eigenvalue weighted by molar-refractivity contribution is 0.0696. The molecule has 0 spiro atoms. The third kappa shape index (κ3) is 5.84. The third-order valence-corrected chi connectivity index (χ3v) is 4.04. The molecule has 5 nitrogen and oxygen atoms in total. The fourth-order valence-electron chi connectivity index (χ4n) is 2.98. The van der Waals surface area contributed by atoms with E-state index in [1.165, 1.54) is 6.07 Å². The maximum Gasteiger partial charge on any atom is 0.335 e. The van der Waals surface area contributed by atoms with Crippen molar-refractivity contribution in [2.24, 2.45) is 11.8 Å². The summed E-state index contributed by atoms with van der Waals surface area (Å²) >= 11 is 0. The van der Waals surface area contributed by atoms with Gasteiger partial charge in [-0.05, 0) is 42.2 Å². The average Bonchev–Trinajstić information content (AvgIpc) is 2.61. The maximum absolute atomic E-state index is 12.6. The lowest BCUT2D eigenvalue weighted by Crippen LogP contribution is -2.32. The number of nitrogens with zero attached hydrogens (tertiary/aromatic N) is 1. The zero-order valence-corrected chi connectivity index (χ0v) is 16.4. The highest BCUT2D eigenvalue weighted by atomic mass is 16.4. The monoisotopic (exact) mass is 368 g/mol. The third-order valence-electron chi connectivity index (χ3n) is 4.04. The average molecular weight is 368 g/mol. The fraction of sp³-hybridized carbons (Fsp3) is 0.364. The first-order valence-electron chi connectivity index (χ1n) is 9.26. The lowest BCUT2D eigenvalue weighted by Gasteiger charge is -2.30. The van der Waals surface area contributed by atoms with Crippen molar-refractivity contribution in [3.8, 4) is 0 Å². The van der Waals surface area contributed by atoms with Crippen LogP contribution in [0.1, 0.15) is 48.4 Å². The molecule has 5 heteroatoms. The van der Waals surface area contributed by atoms with E-state index in [0.29, 0.717) is 23.1 Å². The van der Waals surface area contributed by atoms with Gasteiger partial charge in [-0.3, -0.25) is 4.79 Å². The number of carboxylic acid groups (broad SMARTS) is 1. The molecule has 0 fully saturated rings. The van der Waals surface area contributed by atoms with Crippen molar-refractivity contribution >= 4 is 23.3 Å². The fourth-order valence-corrected chi connectivity index (χ4v) is 2.98. The van der Waals surface area contributed by atoms with E-state index >= 15 is 0 Å². The zero-order chi connectivity index (χ0) is 20.0. The summed E-state index contributed by atoms with van der Waals surface area (Å²) in [7, 11) is 0. The summed E-state index contributed by atoms with van der Waals surface area (Å²) in [5.41, 5.74) is 2.04. The molecule has 144 valence electrons. The molecule has 0 bridgehead atoms. The Balaban J connectivity index is 2.43. The largest absolute Gasteiger partial charge is 0.478 e. The van der Waals surface area contributed by atoms with E-state index in [2.05, 4.69) is 37.9 Å². The van der Waals surface area contributed by atoms with Crippen LogP contribution in [-0.4, -0.2) is 30.1 Å². The summed E-state index contributed by atoms with van der Waals surface area (Å²) in [6, 6.07) is 13.8. The van der Waals surface area contributed by atoms with E-state index < -0.39 is 5.97 Å². The molecule has 0 radical (unpaired) electrons. The molecule has 0 aliphatic carbocycles. The number of carbonyl (C=O) groups excluding carboxylic acids is 1. The van der Waals surface area contributed by atoms with E-state index in [1.54, 1.807) is 36.4 Å². The Labute approximate surface area is 161 Å². The number of carboxylic acids is 1. The highest BCUT2D eigenvalue weighted by Gasteiger charge is 2.18. The van der Waals surface area contributed by atoms with Crippen LogP contribution in [0.3, 0.4) is 0 Å². The molecule has 0 heterocycles. The number of aromatic carboxylic acids is 1. The summed E-state index contributed by atoms with van der Waals surface area (Å²) in [6.45, 7) is 10.2. The van der Waals surface area contributed by atoms with Crippen LogP contribution in [0.4, 0.5) is 11.4 Å². The smallest absolute Gasteiger partial charge is 0.335 e. The Morgan fingerprint density at radius 1 is 0.926 bits per heavy atom. The van der Waals surface area contributed by atoms with Crippen LogP contribution in [0.2, 0.25) is 0 Å². The maximum atomic E-state index is 12.6. The van der Waals surface area contributed by atoms with Crippen LogP contribution in [0.5, 0.6) is 0 Å². The van der Waals surface area contributed by atoms with Gasteiger partial charge in [0.1, 0.15) is 0 Å². The van der Waals surface area contributed by atoms with Gasteiger partial charge < -0.3 is 15.3 Å². The molecule has 2 rings (SSSR count). The minimum absolute atomic E-state index is 0.149. The number of carbonyl (C=O) groups is 2. The van der Waals surface area contributed by atoms with Crippen molar-refractivity contribution < 1.29 is 14.7 Å². The molecule has 0 aromatic heterocycles. The van der Waals surface area contributed by atoms with Gasteiger partial charge in [-0.2, -0.15) is 0 Å². The number of hydrogen-bond donors (Lipinski definition) is 2. The topological polar surface area (TPSA) is 69.6 Å². The van der Waals surface area contributed by atoms with Gasteiger partial charge in [0, 0.05) is 18.7 Å². The van der Waals surface area contributed by atoms with Crippen LogP contribution in [-0.2, 0) is 0 Å². The minimum atomic E-state index is -1.02. The molecule has 27 heavy (non-hydrogen) atoms. The van der Waals surface area contributed by atoms with Crippen molar-refractivity contribution in [3.63, 3.8) is 0 Å². The normalized spacial score (nSPS) is 10.9. The molecule has 2 aromatic rings. The molecule has 0 saturated heterocycles. The Bertz CT molecular complexity index is 775. The van der Waals surface area contributed by atoms with Crippen LogP contribution in [0.25, 0.3) is 0 Å². The highest BCUT2D eigenvalue weighted by Crippen LogP contribution is 2.29. The van der Waals surface area contributed by atoms with Gasteiger partial charge in [0.15, 0.2) is 0 Å². The molecule has 0 saturated carbocycles. The van der Waals surface area contributed by atoms with Crippen molar-refractivity contribution in [3.05, 3.63) is 59.7 Å².